The summed E-state index contributed by atoms with van der Waals surface area (Å²) in [6, 6.07) is 14.1. The fraction of sp³-hybridized carbons (Fsp3) is 0.133. The van der Waals surface area contributed by atoms with Crippen molar-refractivity contribution in [3.8, 4) is 6.07 Å². The molecule has 0 aliphatic heterocycles. The lowest BCUT2D eigenvalue weighted by Crippen LogP contribution is -2.14. The Bertz CT molecular complexity index is 620. The monoisotopic (exact) mass is 274 g/mol. The van der Waals surface area contributed by atoms with Gasteiger partial charge in [0, 0.05) is 23.7 Å². The average molecular weight is 275 g/mol. The van der Waals surface area contributed by atoms with Crippen LogP contribution in [0.25, 0.3) is 0 Å². The van der Waals surface area contributed by atoms with E-state index < -0.39 is 5.82 Å². The molecular weight excluding hydrogens is 263 g/mol. The van der Waals surface area contributed by atoms with Crippen molar-refractivity contribution in [1.29, 1.82) is 5.26 Å². The molecule has 0 amide bonds. The highest BCUT2D eigenvalue weighted by Crippen LogP contribution is 2.13. The van der Waals surface area contributed by atoms with Gasteiger partial charge in [0.25, 0.3) is 0 Å². The van der Waals surface area contributed by atoms with Crippen LogP contribution in [-0.4, -0.2) is 0 Å². The molecule has 4 heteroatoms. The van der Waals surface area contributed by atoms with Crippen molar-refractivity contribution in [2.24, 2.45) is 0 Å². The molecule has 0 heterocycles. The number of rotatable bonds is 4. The topological polar surface area (TPSA) is 35.8 Å². The largest absolute Gasteiger partial charge is 0.309 e. The van der Waals surface area contributed by atoms with Gasteiger partial charge in [0.15, 0.2) is 0 Å². The second kappa shape index (κ2) is 6.33. The maximum absolute atomic E-state index is 13.8. The van der Waals surface area contributed by atoms with Crippen molar-refractivity contribution in [2.45, 2.75) is 13.1 Å². The van der Waals surface area contributed by atoms with Crippen molar-refractivity contribution in [1.82, 2.24) is 5.32 Å². The molecule has 0 aliphatic carbocycles. The summed E-state index contributed by atoms with van der Waals surface area (Å²) in [5, 5.41) is 12.6. The minimum Gasteiger partial charge on any atom is -0.309 e. The first-order valence-electron chi connectivity index (χ1n) is 5.83. The van der Waals surface area contributed by atoms with E-state index in [2.05, 4.69) is 5.32 Å². The molecule has 0 fully saturated rings. The van der Waals surface area contributed by atoms with Gasteiger partial charge in [-0.1, -0.05) is 35.9 Å². The van der Waals surface area contributed by atoms with Crippen molar-refractivity contribution in [3.63, 3.8) is 0 Å². The molecule has 0 unspecified atom stereocenters. The van der Waals surface area contributed by atoms with Gasteiger partial charge in [-0.15, -0.1) is 0 Å². The first-order chi connectivity index (χ1) is 9.20. The lowest BCUT2D eigenvalue weighted by atomic mass is 10.1. The maximum atomic E-state index is 13.8. The molecule has 0 aromatic heterocycles. The van der Waals surface area contributed by atoms with E-state index in [1.165, 1.54) is 6.07 Å². The molecule has 2 nitrogen and oxygen atoms in total. The summed E-state index contributed by atoms with van der Waals surface area (Å²) in [7, 11) is 0. The second-order valence-corrected chi connectivity index (χ2v) is 4.56. The van der Waals surface area contributed by atoms with Crippen LogP contribution >= 0.6 is 11.6 Å². The van der Waals surface area contributed by atoms with Crippen molar-refractivity contribution < 1.29 is 4.39 Å². The van der Waals surface area contributed by atoms with Crippen LogP contribution in [0.2, 0.25) is 5.02 Å². The molecule has 19 heavy (non-hydrogen) atoms. The second-order valence-electron chi connectivity index (χ2n) is 4.12. The Morgan fingerprint density at radius 3 is 2.68 bits per heavy atom. The molecule has 0 spiro atoms. The summed E-state index contributed by atoms with van der Waals surface area (Å²) in [6.45, 7) is 0.963. The fourth-order valence-corrected chi connectivity index (χ4v) is 2.00. The highest BCUT2D eigenvalue weighted by Gasteiger charge is 2.06. The van der Waals surface area contributed by atoms with E-state index in [4.69, 9.17) is 16.9 Å². The van der Waals surface area contributed by atoms with E-state index in [1.54, 1.807) is 18.2 Å². The van der Waals surface area contributed by atoms with E-state index in [9.17, 15) is 4.39 Å². The Morgan fingerprint density at radius 2 is 1.95 bits per heavy atom. The minimum atomic E-state index is -0.455. The van der Waals surface area contributed by atoms with Crippen molar-refractivity contribution in [3.05, 3.63) is 70.0 Å². The first kappa shape index (κ1) is 13.5. The number of nitriles is 1. The van der Waals surface area contributed by atoms with Gasteiger partial charge < -0.3 is 5.32 Å². The molecule has 0 saturated carbocycles. The molecule has 0 aliphatic rings. The number of nitrogens with zero attached hydrogens (tertiary/aromatic N) is 1. The van der Waals surface area contributed by atoms with Gasteiger partial charge in [-0.25, -0.2) is 4.39 Å². The normalized spacial score (nSPS) is 10.2. The van der Waals surface area contributed by atoms with Crippen LogP contribution in [0.15, 0.2) is 42.5 Å². The van der Waals surface area contributed by atoms with Crippen LogP contribution in [-0.2, 0) is 13.1 Å². The average Bonchev–Trinajstić information content (AvgIpc) is 2.41. The first-order valence-corrected chi connectivity index (χ1v) is 6.21. The van der Waals surface area contributed by atoms with Gasteiger partial charge in [0.05, 0.1) is 5.56 Å². The van der Waals surface area contributed by atoms with Crippen LogP contribution in [0, 0.1) is 17.1 Å². The molecule has 2 aromatic carbocycles. The zero-order valence-corrected chi connectivity index (χ0v) is 10.9. The van der Waals surface area contributed by atoms with Crippen LogP contribution in [0.5, 0.6) is 0 Å². The van der Waals surface area contributed by atoms with E-state index in [-0.39, 0.29) is 5.56 Å². The summed E-state index contributed by atoms with van der Waals surface area (Å²) in [6.07, 6.45) is 0. The van der Waals surface area contributed by atoms with Crippen LogP contribution in [0.1, 0.15) is 16.7 Å². The Kier molecular flexibility index (Phi) is 4.51. The highest BCUT2D eigenvalue weighted by atomic mass is 35.5. The van der Waals surface area contributed by atoms with Crippen molar-refractivity contribution in [2.75, 3.05) is 0 Å². The molecular formula is C15H12ClFN2. The van der Waals surface area contributed by atoms with Gasteiger partial charge in [0.2, 0.25) is 0 Å². The fourth-order valence-electron chi connectivity index (χ4n) is 1.79. The molecule has 96 valence electrons. The Morgan fingerprint density at radius 1 is 1.16 bits per heavy atom. The number of hydrogen-bond acceptors (Lipinski definition) is 2. The summed E-state index contributed by atoms with van der Waals surface area (Å²) in [5.41, 5.74) is 1.59. The summed E-state index contributed by atoms with van der Waals surface area (Å²) < 4.78 is 13.8. The van der Waals surface area contributed by atoms with Crippen LogP contribution in [0.4, 0.5) is 4.39 Å². The molecule has 0 radical (unpaired) electrons. The minimum absolute atomic E-state index is 0.0713. The third-order valence-corrected chi connectivity index (χ3v) is 2.97. The van der Waals surface area contributed by atoms with Gasteiger partial charge in [0.1, 0.15) is 11.9 Å². The number of benzene rings is 2. The van der Waals surface area contributed by atoms with E-state index in [0.29, 0.717) is 23.7 Å². The molecule has 0 atom stereocenters. The van der Waals surface area contributed by atoms with Gasteiger partial charge in [-0.05, 0) is 23.8 Å². The highest BCUT2D eigenvalue weighted by molar-refractivity contribution is 6.30. The smallest absolute Gasteiger partial charge is 0.145 e. The number of halogens is 2. The lowest BCUT2D eigenvalue weighted by Gasteiger charge is -2.07. The van der Waals surface area contributed by atoms with E-state index >= 15 is 0 Å². The van der Waals surface area contributed by atoms with Crippen LogP contribution in [0.3, 0.4) is 0 Å². The van der Waals surface area contributed by atoms with Gasteiger partial charge in [-0.2, -0.15) is 5.26 Å². The third kappa shape index (κ3) is 3.54. The maximum Gasteiger partial charge on any atom is 0.145 e. The third-order valence-electron chi connectivity index (χ3n) is 2.73. The molecule has 2 aromatic rings. The molecule has 0 saturated heterocycles. The summed E-state index contributed by atoms with van der Waals surface area (Å²) in [4.78, 5) is 0. The van der Waals surface area contributed by atoms with Crippen molar-refractivity contribution >= 4 is 11.6 Å². The SMILES string of the molecule is N#Cc1cccc(CNCc2cccc(Cl)c2)c1F. The number of nitrogens with one attached hydrogen (secondary N) is 1. The van der Waals surface area contributed by atoms with E-state index in [0.717, 1.165) is 5.56 Å². The van der Waals surface area contributed by atoms with E-state index in [1.807, 2.05) is 24.3 Å². The molecule has 2 rings (SSSR count). The van der Waals surface area contributed by atoms with Gasteiger partial charge in [-0.3, -0.25) is 0 Å². The quantitative estimate of drug-likeness (QED) is 0.924. The lowest BCUT2D eigenvalue weighted by molar-refractivity contribution is 0.585. The zero-order chi connectivity index (χ0) is 13.7. The van der Waals surface area contributed by atoms with Gasteiger partial charge >= 0.3 is 0 Å². The summed E-state index contributed by atoms with van der Waals surface area (Å²) >= 11 is 5.88. The Balaban J connectivity index is 1.98. The zero-order valence-electron chi connectivity index (χ0n) is 10.2. The summed E-state index contributed by atoms with van der Waals surface area (Å²) in [5.74, 6) is -0.455. The number of hydrogen-bond donors (Lipinski definition) is 1. The molecule has 0 bridgehead atoms. The Hall–Kier alpha value is -1.89. The standard InChI is InChI=1S/C15H12ClFN2/c16-14-6-1-3-11(7-14)9-19-10-13-5-2-4-12(8-18)15(13)17/h1-7,19H,9-10H2. The van der Waals surface area contributed by atoms with Crippen LogP contribution < -0.4 is 5.32 Å². The predicted octanol–water partition coefficient (Wildman–Crippen LogP) is 3.64. The molecule has 1 N–H and O–H groups in total. The Labute approximate surface area is 116 Å². The predicted molar refractivity (Wildman–Crippen MR) is 73.1 cm³/mol.